The normalized spacial score (nSPS) is 11.5. The molecule has 0 aliphatic rings. The minimum Gasteiger partial charge on any atom is -0.450 e. The molecule has 4 aromatic rings. The summed E-state index contributed by atoms with van der Waals surface area (Å²) in [6.45, 7) is 6.21. The van der Waals surface area contributed by atoms with E-state index in [4.69, 9.17) is 4.42 Å². The van der Waals surface area contributed by atoms with Gasteiger partial charge in [0.15, 0.2) is 5.76 Å². The van der Waals surface area contributed by atoms with E-state index in [0.29, 0.717) is 5.58 Å². The van der Waals surface area contributed by atoms with E-state index in [2.05, 4.69) is 114 Å². The van der Waals surface area contributed by atoms with Crippen LogP contribution in [0.3, 0.4) is 0 Å². The number of amides is 1. The lowest BCUT2D eigenvalue weighted by Gasteiger charge is -2.11. The first-order valence-electron chi connectivity index (χ1n) is 9.42. The van der Waals surface area contributed by atoms with Gasteiger partial charge in [-0.05, 0) is 114 Å². The molecule has 31 heavy (non-hydrogen) atoms. The van der Waals surface area contributed by atoms with Gasteiger partial charge in [0.1, 0.15) is 5.58 Å². The number of fused-ring (bicyclic) bond motifs is 1. The van der Waals surface area contributed by atoms with Gasteiger partial charge in [0, 0.05) is 36.1 Å². The molecule has 0 bridgehead atoms. The Bertz CT molecular complexity index is 1350. The zero-order valence-corrected chi connectivity index (χ0v) is 22.9. The topological polar surface area (TPSA) is 59.5 Å². The lowest BCUT2D eigenvalue weighted by molar-refractivity contribution is 0.0929. The fourth-order valence-corrected chi connectivity index (χ4v) is 5.48. The number of carbonyl (C=O) groups is 1. The van der Waals surface area contributed by atoms with Crippen LogP contribution < -0.4 is 5.43 Å². The second-order valence-electron chi connectivity index (χ2n) is 7.21. The van der Waals surface area contributed by atoms with Gasteiger partial charge in [-0.25, -0.2) is 5.43 Å². The van der Waals surface area contributed by atoms with Crippen LogP contribution in [0.15, 0.2) is 56.5 Å². The highest BCUT2D eigenvalue weighted by Crippen LogP contribution is 2.28. The Kier molecular flexibility index (Phi) is 6.59. The predicted octanol–water partition coefficient (Wildman–Crippen LogP) is 6.88. The van der Waals surface area contributed by atoms with Gasteiger partial charge in [-0.15, -0.1) is 0 Å². The largest absolute Gasteiger partial charge is 0.450 e. The van der Waals surface area contributed by atoms with Crippen molar-refractivity contribution in [1.29, 1.82) is 0 Å². The van der Waals surface area contributed by atoms with Gasteiger partial charge < -0.3 is 8.98 Å². The van der Waals surface area contributed by atoms with Crippen LogP contribution in [0.4, 0.5) is 0 Å². The number of benzene rings is 2. The van der Waals surface area contributed by atoms with Crippen molar-refractivity contribution in [3.05, 3.63) is 82.4 Å². The van der Waals surface area contributed by atoms with Crippen LogP contribution in [-0.4, -0.2) is 16.7 Å². The molecule has 0 saturated heterocycles. The molecular weight excluding hydrogens is 684 g/mol. The number of rotatable bonds is 4. The second-order valence-corrected chi connectivity index (χ2v) is 10.5. The molecule has 2 heterocycles. The van der Waals surface area contributed by atoms with Crippen LogP contribution >= 0.6 is 61.1 Å². The van der Waals surface area contributed by atoms with Crippen LogP contribution in [0.2, 0.25) is 0 Å². The van der Waals surface area contributed by atoms with Gasteiger partial charge in [0.2, 0.25) is 0 Å². The molecule has 1 N–H and O–H groups in total. The first-order valence-corrected chi connectivity index (χ1v) is 12.4. The minimum atomic E-state index is -0.388. The molecule has 8 heteroatoms. The second kappa shape index (κ2) is 9.07. The average Bonchev–Trinajstić information content (AvgIpc) is 3.25. The van der Waals surface area contributed by atoms with Gasteiger partial charge >= 0.3 is 5.91 Å². The maximum absolute atomic E-state index is 12.5. The van der Waals surface area contributed by atoms with Crippen molar-refractivity contribution in [3.63, 3.8) is 0 Å². The summed E-state index contributed by atoms with van der Waals surface area (Å²) in [7, 11) is 0. The third-order valence-electron chi connectivity index (χ3n) is 5.00. The molecule has 2 aromatic heterocycles. The Hall–Kier alpha value is -1.66. The number of halogens is 3. The maximum atomic E-state index is 12.5. The monoisotopic (exact) mass is 701 g/mol. The number of aryl methyl sites for hydroxylation is 2. The summed E-state index contributed by atoms with van der Waals surface area (Å²) in [5, 5.41) is 5.02. The number of nitrogens with one attached hydrogen (secondary N) is 1. The fourth-order valence-electron chi connectivity index (χ4n) is 3.49. The van der Waals surface area contributed by atoms with Gasteiger partial charge in [0.25, 0.3) is 0 Å². The molecule has 0 aliphatic heterocycles. The number of furan rings is 1. The number of carbonyl (C=O) groups excluding carboxylic acids is 1. The smallest absolute Gasteiger partial charge is 0.307 e. The van der Waals surface area contributed by atoms with Crippen LogP contribution in [-0.2, 0) is 0 Å². The van der Waals surface area contributed by atoms with Crippen molar-refractivity contribution in [3.8, 4) is 5.69 Å². The molecule has 4 rings (SSSR count). The van der Waals surface area contributed by atoms with E-state index >= 15 is 0 Å². The summed E-state index contributed by atoms with van der Waals surface area (Å²) in [4.78, 5) is 12.5. The lowest BCUT2D eigenvalue weighted by atomic mass is 10.2. The van der Waals surface area contributed by atoms with Crippen molar-refractivity contribution in [2.75, 3.05) is 0 Å². The zero-order chi connectivity index (χ0) is 22.3. The van der Waals surface area contributed by atoms with Crippen molar-refractivity contribution in [2.45, 2.75) is 20.8 Å². The molecular formula is C23H18BrI2N3O2. The van der Waals surface area contributed by atoms with Crippen LogP contribution in [0, 0.1) is 27.9 Å². The van der Waals surface area contributed by atoms with E-state index in [1.807, 2.05) is 19.1 Å². The summed E-state index contributed by atoms with van der Waals surface area (Å²) in [5.74, 6) is -0.163. The van der Waals surface area contributed by atoms with Gasteiger partial charge in [-0.2, -0.15) is 5.10 Å². The SMILES string of the molecule is Cc1cc(-n2c(C)cc(/C=N/NC(=O)c3cc4cc(Br)cc(I)c4o3)c2C)ccc1I. The van der Waals surface area contributed by atoms with Crippen LogP contribution in [0.5, 0.6) is 0 Å². The van der Waals surface area contributed by atoms with E-state index in [1.165, 1.54) is 9.13 Å². The van der Waals surface area contributed by atoms with E-state index in [9.17, 15) is 4.79 Å². The number of hydrazone groups is 1. The average molecular weight is 702 g/mol. The minimum absolute atomic E-state index is 0.225. The van der Waals surface area contributed by atoms with E-state index in [-0.39, 0.29) is 11.7 Å². The lowest BCUT2D eigenvalue weighted by Crippen LogP contribution is -2.16. The van der Waals surface area contributed by atoms with Crippen molar-refractivity contribution < 1.29 is 9.21 Å². The third kappa shape index (κ3) is 4.61. The third-order valence-corrected chi connectivity index (χ3v) is 7.47. The summed E-state index contributed by atoms with van der Waals surface area (Å²) >= 11 is 7.99. The van der Waals surface area contributed by atoms with Crippen molar-refractivity contribution in [1.82, 2.24) is 9.99 Å². The quantitative estimate of drug-likeness (QED) is 0.143. The molecule has 5 nitrogen and oxygen atoms in total. The summed E-state index contributed by atoms with van der Waals surface area (Å²) < 4.78 is 11.0. The molecule has 1 amide bonds. The Morgan fingerprint density at radius 1 is 1.10 bits per heavy atom. The van der Waals surface area contributed by atoms with E-state index < -0.39 is 0 Å². The predicted molar refractivity (Wildman–Crippen MR) is 144 cm³/mol. The Balaban J connectivity index is 1.55. The molecule has 0 atom stereocenters. The summed E-state index contributed by atoms with van der Waals surface area (Å²) in [6.07, 6.45) is 1.67. The van der Waals surface area contributed by atoms with Crippen molar-refractivity contribution >= 4 is 84.2 Å². The Morgan fingerprint density at radius 2 is 1.87 bits per heavy atom. The van der Waals surface area contributed by atoms with Crippen LogP contribution in [0.1, 0.15) is 33.1 Å². The molecule has 0 fully saturated rings. The van der Waals surface area contributed by atoms with Crippen LogP contribution in [0.25, 0.3) is 16.7 Å². The highest BCUT2D eigenvalue weighted by molar-refractivity contribution is 14.1. The summed E-state index contributed by atoms with van der Waals surface area (Å²) in [6, 6.07) is 14.0. The Labute approximate surface area is 215 Å². The molecule has 0 radical (unpaired) electrons. The van der Waals surface area contributed by atoms with Crippen molar-refractivity contribution in [2.24, 2.45) is 5.10 Å². The van der Waals surface area contributed by atoms with E-state index in [0.717, 1.165) is 36.1 Å². The van der Waals surface area contributed by atoms with Gasteiger partial charge in [-0.3, -0.25) is 4.79 Å². The molecule has 0 aliphatic carbocycles. The number of hydrogen-bond donors (Lipinski definition) is 1. The number of nitrogens with zero attached hydrogens (tertiary/aromatic N) is 2. The molecule has 158 valence electrons. The molecule has 0 unspecified atom stereocenters. The standard InChI is InChI=1S/C23H18BrI2N3O2/c1-12-6-18(4-5-19(12)25)29-13(2)7-16(14(29)3)11-27-28-23(30)21-9-15-8-17(24)10-20(26)22(15)31-21/h4-11H,1-3H3,(H,28,30)/b27-11+. The van der Waals surface area contributed by atoms with Gasteiger partial charge in [0.05, 0.1) is 9.78 Å². The first-order chi connectivity index (χ1) is 14.7. The number of hydrogen-bond acceptors (Lipinski definition) is 3. The highest BCUT2D eigenvalue weighted by atomic mass is 127. The van der Waals surface area contributed by atoms with E-state index in [1.54, 1.807) is 12.3 Å². The maximum Gasteiger partial charge on any atom is 0.307 e. The zero-order valence-electron chi connectivity index (χ0n) is 17.0. The summed E-state index contributed by atoms with van der Waals surface area (Å²) in [5.41, 5.74) is 8.70. The number of aromatic nitrogens is 1. The molecule has 0 spiro atoms. The molecule has 2 aromatic carbocycles. The molecule has 0 saturated carbocycles. The highest BCUT2D eigenvalue weighted by Gasteiger charge is 2.15. The first kappa shape index (κ1) is 22.5. The van der Waals surface area contributed by atoms with Gasteiger partial charge in [-0.1, -0.05) is 15.9 Å². The fraction of sp³-hybridized carbons (Fsp3) is 0.130. The Morgan fingerprint density at radius 3 is 2.61 bits per heavy atom.